The van der Waals surface area contributed by atoms with E-state index in [-0.39, 0.29) is 5.78 Å². The number of ketones is 1. The Morgan fingerprint density at radius 3 is 2.86 bits per heavy atom. The molecule has 0 atom stereocenters. The van der Waals surface area contributed by atoms with E-state index in [0.717, 1.165) is 29.1 Å². The average molecular weight is 302 g/mol. The first-order chi connectivity index (χ1) is 10.3. The van der Waals surface area contributed by atoms with Crippen LogP contribution in [0.3, 0.4) is 0 Å². The maximum absolute atomic E-state index is 12.3. The number of aromatic nitrogens is 4. The Morgan fingerprint density at radius 2 is 2.10 bits per heavy atom. The summed E-state index contributed by atoms with van der Waals surface area (Å²) in [6, 6.07) is 8.07. The summed E-state index contributed by atoms with van der Waals surface area (Å²) < 4.78 is 1.89. The zero-order valence-corrected chi connectivity index (χ0v) is 12.8. The van der Waals surface area contributed by atoms with Crippen LogP contribution in [0, 0.1) is 6.92 Å². The topological polar surface area (TPSA) is 60.7 Å². The maximum atomic E-state index is 12.3. The molecule has 0 aliphatic heterocycles. The van der Waals surface area contributed by atoms with E-state index in [1.54, 1.807) is 0 Å². The quantitative estimate of drug-likeness (QED) is 0.627. The van der Waals surface area contributed by atoms with Crippen LogP contribution in [0.4, 0.5) is 0 Å². The van der Waals surface area contributed by atoms with Gasteiger partial charge in [0.15, 0.2) is 5.78 Å². The number of thioether (sulfide) groups is 1. The summed E-state index contributed by atoms with van der Waals surface area (Å²) in [7, 11) is 0. The highest BCUT2D eigenvalue weighted by molar-refractivity contribution is 7.99. The number of hydrogen-bond acceptors (Lipinski definition) is 5. The minimum atomic E-state index is 0.124. The van der Waals surface area contributed by atoms with Crippen LogP contribution in [-0.2, 0) is 0 Å². The number of rotatable bonds is 5. The predicted molar refractivity (Wildman–Crippen MR) is 81.6 cm³/mol. The van der Waals surface area contributed by atoms with E-state index in [1.165, 1.54) is 24.6 Å². The second-order valence-corrected chi connectivity index (χ2v) is 6.31. The smallest absolute Gasteiger partial charge is 0.210 e. The molecule has 2 aromatic rings. The molecule has 1 aromatic carbocycles. The summed E-state index contributed by atoms with van der Waals surface area (Å²) in [5.74, 6) is 0.497. The van der Waals surface area contributed by atoms with Crippen molar-refractivity contribution in [3.8, 4) is 0 Å². The second kappa shape index (κ2) is 6.39. The lowest BCUT2D eigenvalue weighted by Crippen LogP contribution is -2.10. The minimum Gasteiger partial charge on any atom is -0.293 e. The lowest BCUT2D eigenvalue weighted by Gasteiger charge is -2.10. The Labute approximate surface area is 128 Å². The standard InChI is InChI=1S/C15H18N4OS/c1-11-6-2-5-9-13(11)14(20)10-21-15-16-17-18-19(15)12-7-3-4-8-12/h2,5-6,9,12H,3-4,7-8,10H2,1H3. The van der Waals surface area contributed by atoms with E-state index in [1.807, 2.05) is 35.9 Å². The van der Waals surface area contributed by atoms with E-state index < -0.39 is 0 Å². The molecule has 0 saturated heterocycles. The Bertz CT molecular complexity index is 634. The van der Waals surface area contributed by atoms with Gasteiger partial charge in [0.1, 0.15) is 0 Å². The molecule has 1 fully saturated rings. The van der Waals surface area contributed by atoms with Gasteiger partial charge in [-0.3, -0.25) is 4.79 Å². The number of nitrogens with zero attached hydrogens (tertiary/aromatic N) is 4. The Kier molecular flexibility index (Phi) is 4.34. The molecule has 0 bridgehead atoms. The van der Waals surface area contributed by atoms with Gasteiger partial charge in [0.05, 0.1) is 11.8 Å². The van der Waals surface area contributed by atoms with Gasteiger partial charge in [0.2, 0.25) is 5.16 Å². The highest BCUT2D eigenvalue weighted by atomic mass is 32.2. The summed E-state index contributed by atoms with van der Waals surface area (Å²) in [5, 5.41) is 12.7. The zero-order chi connectivity index (χ0) is 14.7. The van der Waals surface area contributed by atoms with Crippen molar-refractivity contribution >= 4 is 17.5 Å². The molecular weight excluding hydrogens is 284 g/mol. The van der Waals surface area contributed by atoms with Gasteiger partial charge in [-0.05, 0) is 35.8 Å². The Balaban J connectivity index is 1.67. The fourth-order valence-electron chi connectivity index (χ4n) is 2.75. The SMILES string of the molecule is Cc1ccccc1C(=O)CSc1nnnn1C1CCCC1. The van der Waals surface area contributed by atoms with Gasteiger partial charge in [0, 0.05) is 5.56 Å². The molecule has 1 heterocycles. The lowest BCUT2D eigenvalue weighted by molar-refractivity contribution is 0.102. The molecule has 1 aliphatic rings. The average Bonchev–Trinajstić information content (AvgIpc) is 3.16. The molecule has 1 aromatic heterocycles. The van der Waals surface area contributed by atoms with Crippen LogP contribution in [0.25, 0.3) is 0 Å². The van der Waals surface area contributed by atoms with Gasteiger partial charge in [-0.25, -0.2) is 4.68 Å². The molecule has 0 radical (unpaired) electrons. The molecule has 1 saturated carbocycles. The number of benzene rings is 1. The largest absolute Gasteiger partial charge is 0.293 e. The van der Waals surface area contributed by atoms with Crippen LogP contribution in [0.1, 0.15) is 47.6 Å². The molecule has 5 nitrogen and oxygen atoms in total. The molecule has 0 unspecified atom stereocenters. The van der Waals surface area contributed by atoms with Crippen molar-refractivity contribution in [2.24, 2.45) is 0 Å². The van der Waals surface area contributed by atoms with Gasteiger partial charge in [-0.1, -0.05) is 48.9 Å². The molecule has 21 heavy (non-hydrogen) atoms. The van der Waals surface area contributed by atoms with Crippen molar-refractivity contribution in [3.05, 3.63) is 35.4 Å². The van der Waals surface area contributed by atoms with E-state index in [9.17, 15) is 4.79 Å². The van der Waals surface area contributed by atoms with Gasteiger partial charge >= 0.3 is 0 Å². The molecule has 1 aliphatic carbocycles. The molecule has 3 rings (SSSR count). The van der Waals surface area contributed by atoms with Crippen molar-refractivity contribution in [3.63, 3.8) is 0 Å². The van der Waals surface area contributed by atoms with Crippen LogP contribution in [0.5, 0.6) is 0 Å². The minimum absolute atomic E-state index is 0.124. The Morgan fingerprint density at radius 1 is 1.33 bits per heavy atom. The van der Waals surface area contributed by atoms with E-state index in [4.69, 9.17) is 0 Å². The van der Waals surface area contributed by atoms with Crippen molar-refractivity contribution in [2.45, 2.75) is 43.8 Å². The molecule has 110 valence electrons. The number of carbonyl (C=O) groups is 1. The molecule has 0 amide bonds. The van der Waals surface area contributed by atoms with E-state index in [0.29, 0.717) is 11.8 Å². The van der Waals surface area contributed by atoms with E-state index in [2.05, 4.69) is 15.5 Å². The van der Waals surface area contributed by atoms with Crippen molar-refractivity contribution in [2.75, 3.05) is 5.75 Å². The summed E-state index contributed by atoms with van der Waals surface area (Å²) >= 11 is 1.43. The first-order valence-electron chi connectivity index (χ1n) is 7.25. The van der Waals surface area contributed by atoms with Crippen LogP contribution in [0.15, 0.2) is 29.4 Å². The fourth-order valence-corrected chi connectivity index (χ4v) is 3.58. The van der Waals surface area contributed by atoms with Crippen LogP contribution in [-0.4, -0.2) is 31.7 Å². The molecule has 6 heteroatoms. The number of carbonyl (C=O) groups excluding carboxylic acids is 1. The third kappa shape index (κ3) is 3.15. The third-order valence-electron chi connectivity index (χ3n) is 3.91. The van der Waals surface area contributed by atoms with Crippen LogP contribution in [0.2, 0.25) is 0 Å². The normalized spacial score (nSPS) is 15.5. The zero-order valence-electron chi connectivity index (χ0n) is 12.0. The maximum Gasteiger partial charge on any atom is 0.210 e. The highest BCUT2D eigenvalue weighted by Gasteiger charge is 2.22. The number of aryl methyl sites for hydroxylation is 1. The van der Waals surface area contributed by atoms with Crippen LogP contribution >= 0.6 is 11.8 Å². The predicted octanol–water partition coefficient (Wildman–Crippen LogP) is 3.07. The van der Waals surface area contributed by atoms with Crippen molar-refractivity contribution in [1.29, 1.82) is 0 Å². The molecule has 0 N–H and O–H groups in total. The number of Topliss-reactive ketones (excluding diaryl/α,β-unsaturated/α-hetero) is 1. The second-order valence-electron chi connectivity index (χ2n) is 5.37. The van der Waals surface area contributed by atoms with Gasteiger partial charge in [-0.2, -0.15) is 0 Å². The third-order valence-corrected chi connectivity index (χ3v) is 4.84. The number of tetrazole rings is 1. The summed E-state index contributed by atoms with van der Waals surface area (Å²) in [5.41, 5.74) is 1.79. The van der Waals surface area contributed by atoms with Crippen molar-refractivity contribution < 1.29 is 4.79 Å². The molecular formula is C15H18N4OS. The van der Waals surface area contributed by atoms with Gasteiger partial charge < -0.3 is 0 Å². The molecule has 0 spiro atoms. The summed E-state index contributed by atoms with van der Waals surface area (Å²) in [4.78, 5) is 12.3. The van der Waals surface area contributed by atoms with Crippen LogP contribution < -0.4 is 0 Å². The Hall–Kier alpha value is -1.69. The first-order valence-corrected chi connectivity index (χ1v) is 8.24. The number of hydrogen-bond donors (Lipinski definition) is 0. The summed E-state index contributed by atoms with van der Waals surface area (Å²) in [6.45, 7) is 1.96. The summed E-state index contributed by atoms with van der Waals surface area (Å²) in [6.07, 6.45) is 4.72. The first kappa shape index (κ1) is 14.3. The van der Waals surface area contributed by atoms with Crippen molar-refractivity contribution in [1.82, 2.24) is 20.2 Å². The van der Waals surface area contributed by atoms with Gasteiger partial charge in [-0.15, -0.1) is 5.10 Å². The monoisotopic (exact) mass is 302 g/mol. The van der Waals surface area contributed by atoms with E-state index >= 15 is 0 Å². The van der Waals surface area contributed by atoms with Gasteiger partial charge in [0.25, 0.3) is 0 Å². The fraction of sp³-hybridized carbons (Fsp3) is 0.467. The lowest BCUT2D eigenvalue weighted by atomic mass is 10.1. The highest BCUT2D eigenvalue weighted by Crippen LogP contribution is 2.31.